The number of amides is 1. The van der Waals surface area contributed by atoms with Crippen LogP contribution in [0.4, 0.5) is 0 Å². The number of nitrogens with zero attached hydrogens (tertiary/aromatic N) is 1. The van der Waals surface area contributed by atoms with E-state index in [1.807, 2.05) is 0 Å². The summed E-state index contributed by atoms with van der Waals surface area (Å²) in [7, 11) is 0. The zero-order valence-corrected chi connectivity index (χ0v) is 14.8. The molecule has 0 aromatic heterocycles. The first kappa shape index (κ1) is 17.4. The second kappa shape index (κ2) is 8.10. The van der Waals surface area contributed by atoms with Crippen molar-refractivity contribution < 1.29 is 4.79 Å². The molecule has 0 aliphatic carbocycles. The largest absolute Gasteiger partial charge is 0.353 e. The van der Waals surface area contributed by atoms with Crippen LogP contribution in [0, 0.1) is 12.8 Å². The van der Waals surface area contributed by atoms with Gasteiger partial charge in [0.15, 0.2) is 0 Å². The molecule has 5 heteroatoms. The van der Waals surface area contributed by atoms with Gasteiger partial charge in [-0.1, -0.05) is 36.8 Å². The molecule has 5 nitrogen and oxygen atoms in total. The second-order valence-electron chi connectivity index (χ2n) is 7.38. The predicted octanol–water partition coefficient (Wildman–Crippen LogP) is 1.75. The first-order valence-electron chi connectivity index (χ1n) is 9.19. The van der Waals surface area contributed by atoms with Crippen molar-refractivity contribution >= 4 is 5.91 Å². The lowest BCUT2D eigenvalue weighted by molar-refractivity contribution is -0.122. The molecular formula is C19H30N4O. The summed E-state index contributed by atoms with van der Waals surface area (Å²) in [5.74, 6) is 0.882. The summed E-state index contributed by atoms with van der Waals surface area (Å²) in [5, 5.41) is 3.08. The highest BCUT2D eigenvalue weighted by atomic mass is 16.2. The fourth-order valence-electron chi connectivity index (χ4n) is 3.70. The molecule has 1 aromatic carbocycles. The van der Waals surface area contributed by atoms with Gasteiger partial charge in [-0.15, -0.1) is 0 Å². The summed E-state index contributed by atoms with van der Waals surface area (Å²) in [6, 6.07) is 8.54. The summed E-state index contributed by atoms with van der Waals surface area (Å²) in [6.07, 6.45) is 3.40. The molecule has 2 fully saturated rings. The highest BCUT2D eigenvalue weighted by molar-refractivity contribution is 5.82. The van der Waals surface area contributed by atoms with Crippen molar-refractivity contribution in [2.75, 3.05) is 26.2 Å². The normalized spacial score (nSPS) is 28.0. The van der Waals surface area contributed by atoms with Gasteiger partial charge in [0, 0.05) is 25.7 Å². The third-order valence-corrected chi connectivity index (χ3v) is 5.17. The number of likely N-dealkylation sites (tertiary alicyclic amines) is 1. The first-order chi connectivity index (χ1) is 11.6. The lowest BCUT2D eigenvalue weighted by Crippen LogP contribution is -2.46. The number of hydrazine groups is 1. The van der Waals surface area contributed by atoms with E-state index in [4.69, 9.17) is 0 Å². The average molecular weight is 330 g/mol. The van der Waals surface area contributed by atoms with Crippen molar-refractivity contribution in [2.24, 2.45) is 5.92 Å². The average Bonchev–Trinajstić information content (AvgIpc) is 3.05. The number of nitrogens with one attached hydrogen (secondary N) is 3. The quantitative estimate of drug-likeness (QED) is 0.770. The van der Waals surface area contributed by atoms with Crippen molar-refractivity contribution in [2.45, 2.75) is 45.2 Å². The molecule has 0 bridgehead atoms. The van der Waals surface area contributed by atoms with Gasteiger partial charge < -0.3 is 10.2 Å². The van der Waals surface area contributed by atoms with Crippen LogP contribution in [0.1, 0.15) is 43.4 Å². The van der Waals surface area contributed by atoms with E-state index in [9.17, 15) is 4.79 Å². The van der Waals surface area contributed by atoms with Crippen LogP contribution in [0.3, 0.4) is 0 Å². The second-order valence-corrected chi connectivity index (χ2v) is 7.38. The van der Waals surface area contributed by atoms with Gasteiger partial charge >= 0.3 is 0 Å². The third-order valence-electron chi connectivity index (χ3n) is 5.17. The fourth-order valence-corrected chi connectivity index (χ4v) is 3.70. The molecule has 132 valence electrons. The minimum absolute atomic E-state index is 0.0992. The molecule has 3 N–H and O–H groups in total. The number of aryl methyl sites for hydroxylation is 1. The Morgan fingerprint density at radius 3 is 2.83 bits per heavy atom. The number of benzene rings is 1. The summed E-state index contributed by atoms with van der Waals surface area (Å²) >= 11 is 0. The number of carbonyl (C=O) groups is 1. The molecule has 2 saturated heterocycles. The van der Waals surface area contributed by atoms with Crippen LogP contribution < -0.4 is 16.2 Å². The van der Waals surface area contributed by atoms with Gasteiger partial charge in [-0.2, -0.15) is 0 Å². The van der Waals surface area contributed by atoms with Crippen LogP contribution in [0.5, 0.6) is 0 Å². The van der Waals surface area contributed by atoms with Gasteiger partial charge in [-0.25, -0.2) is 10.9 Å². The Morgan fingerprint density at radius 1 is 1.29 bits per heavy atom. The molecule has 0 radical (unpaired) electrons. The molecule has 3 rings (SSSR count). The molecule has 1 aromatic rings. The highest BCUT2D eigenvalue weighted by Crippen LogP contribution is 2.22. The zero-order valence-electron chi connectivity index (χ0n) is 14.8. The molecule has 3 unspecified atom stereocenters. The predicted molar refractivity (Wildman–Crippen MR) is 96.4 cm³/mol. The Labute approximate surface area is 145 Å². The summed E-state index contributed by atoms with van der Waals surface area (Å²) < 4.78 is 0. The van der Waals surface area contributed by atoms with Crippen molar-refractivity contribution in [1.29, 1.82) is 0 Å². The molecule has 2 heterocycles. The molecular weight excluding hydrogens is 300 g/mol. The van der Waals surface area contributed by atoms with Crippen LogP contribution in [-0.4, -0.2) is 43.0 Å². The maximum absolute atomic E-state index is 12.4. The number of carbonyl (C=O) groups excluding carboxylic acids is 1. The summed E-state index contributed by atoms with van der Waals surface area (Å²) in [4.78, 5) is 14.8. The minimum Gasteiger partial charge on any atom is -0.353 e. The summed E-state index contributed by atoms with van der Waals surface area (Å²) in [6.45, 7) is 8.41. The fraction of sp³-hybridized carbons (Fsp3) is 0.632. The Balaban J connectivity index is 1.40. The zero-order chi connectivity index (χ0) is 16.9. The molecule has 3 atom stereocenters. The van der Waals surface area contributed by atoms with Crippen LogP contribution in [-0.2, 0) is 4.79 Å². The number of piperidine rings is 1. The highest BCUT2D eigenvalue weighted by Gasteiger charge is 2.29. The van der Waals surface area contributed by atoms with E-state index in [0.29, 0.717) is 0 Å². The van der Waals surface area contributed by atoms with Crippen LogP contribution >= 0.6 is 0 Å². The maximum Gasteiger partial charge on any atom is 0.238 e. The van der Waals surface area contributed by atoms with Gasteiger partial charge in [-0.3, -0.25) is 4.79 Å². The maximum atomic E-state index is 12.4. The SMILES string of the molecule is Cc1ccc(C2CC(C(=O)NCCN3CCCC(C)C3)NN2)cc1. The molecule has 24 heavy (non-hydrogen) atoms. The van der Waals surface area contributed by atoms with Crippen LogP contribution in [0.15, 0.2) is 24.3 Å². The molecule has 0 spiro atoms. The van der Waals surface area contributed by atoms with E-state index in [0.717, 1.165) is 32.0 Å². The van der Waals surface area contributed by atoms with Gasteiger partial charge in [0.2, 0.25) is 5.91 Å². The van der Waals surface area contributed by atoms with E-state index in [-0.39, 0.29) is 18.0 Å². The lowest BCUT2D eigenvalue weighted by Gasteiger charge is -2.30. The van der Waals surface area contributed by atoms with Crippen molar-refractivity contribution in [1.82, 2.24) is 21.1 Å². The van der Waals surface area contributed by atoms with E-state index < -0.39 is 0 Å². The number of hydrogen-bond donors (Lipinski definition) is 3. The Hall–Kier alpha value is -1.43. The molecule has 1 amide bonds. The monoisotopic (exact) mass is 330 g/mol. The number of hydrogen-bond acceptors (Lipinski definition) is 4. The van der Waals surface area contributed by atoms with Gasteiger partial charge in [0.05, 0.1) is 0 Å². The lowest BCUT2D eigenvalue weighted by atomic mass is 10.0. The smallest absolute Gasteiger partial charge is 0.238 e. The van der Waals surface area contributed by atoms with E-state index in [1.165, 1.54) is 30.5 Å². The van der Waals surface area contributed by atoms with Crippen molar-refractivity contribution in [3.05, 3.63) is 35.4 Å². The van der Waals surface area contributed by atoms with Gasteiger partial charge in [0.25, 0.3) is 0 Å². The standard InChI is InChI=1S/C19H30N4O/c1-14-5-7-16(8-6-14)17-12-18(22-21-17)19(24)20-9-11-23-10-3-4-15(2)13-23/h5-8,15,17-18,21-22H,3-4,9-13H2,1-2H3,(H,20,24). The Morgan fingerprint density at radius 2 is 2.08 bits per heavy atom. The van der Waals surface area contributed by atoms with Gasteiger partial charge in [0.1, 0.15) is 6.04 Å². The first-order valence-corrected chi connectivity index (χ1v) is 9.19. The van der Waals surface area contributed by atoms with Crippen molar-refractivity contribution in [3.8, 4) is 0 Å². The van der Waals surface area contributed by atoms with Crippen molar-refractivity contribution in [3.63, 3.8) is 0 Å². The van der Waals surface area contributed by atoms with Crippen LogP contribution in [0.2, 0.25) is 0 Å². The molecule has 2 aliphatic heterocycles. The molecule has 2 aliphatic rings. The third kappa shape index (κ3) is 4.56. The van der Waals surface area contributed by atoms with Gasteiger partial charge in [-0.05, 0) is 44.2 Å². The Bertz CT molecular complexity index is 545. The minimum atomic E-state index is -0.156. The topological polar surface area (TPSA) is 56.4 Å². The summed E-state index contributed by atoms with van der Waals surface area (Å²) in [5.41, 5.74) is 8.87. The Kier molecular flexibility index (Phi) is 5.87. The van der Waals surface area contributed by atoms with E-state index in [2.05, 4.69) is 59.2 Å². The van der Waals surface area contributed by atoms with Crippen LogP contribution in [0.25, 0.3) is 0 Å². The molecule has 0 saturated carbocycles. The van der Waals surface area contributed by atoms with E-state index >= 15 is 0 Å². The van der Waals surface area contributed by atoms with E-state index in [1.54, 1.807) is 0 Å². The number of rotatable bonds is 5.